The van der Waals surface area contributed by atoms with Gasteiger partial charge in [0.05, 0.1) is 5.69 Å². The number of ether oxygens (including phenoxy) is 1. The monoisotopic (exact) mass is 220 g/mol. The number of nitrogens with two attached hydrogens (primary N) is 1. The number of rotatable bonds is 2. The maximum atomic E-state index is 11.6. The molecular weight excluding hydrogens is 208 g/mol. The number of carbonyl (C=O) groups is 2. The lowest BCUT2D eigenvalue weighted by Gasteiger charge is -2.19. The summed E-state index contributed by atoms with van der Waals surface area (Å²) in [6.45, 7) is 1.72. The van der Waals surface area contributed by atoms with Crippen LogP contribution in [0.25, 0.3) is 0 Å². The number of Topliss-reactive ketones (excluding diaryl/α,β-unsaturated/α-hetero) is 1. The quantitative estimate of drug-likeness (QED) is 0.815. The van der Waals surface area contributed by atoms with E-state index in [9.17, 15) is 9.59 Å². The maximum absolute atomic E-state index is 11.6. The number of amides is 2. The molecule has 1 aromatic carbocycles. The first kappa shape index (κ1) is 10.5. The zero-order chi connectivity index (χ0) is 11.7. The Labute approximate surface area is 92.8 Å². The molecule has 0 aliphatic carbocycles. The number of hydrogen-bond donors (Lipinski definition) is 1. The fourth-order valence-corrected chi connectivity index (χ4v) is 1.67. The van der Waals surface area contributed by atoms with E-state index in [-0.39, 0.29) is 5.78 Å². The highest BCUT2D eigenvalue weighted by atomic mass is 16.5. The number of para-hydroxylation sites is 2. The molecule has 0 spiro atoms. The summed E-state index contributed by atoms with van der Waals surface area (Å²) in [6, 6.07) is 6.25. The third-order valence-electron chi connectivity index (χ3n) is 2.46. The number of fused-ring (bicyclic) bond motifs is 1. The van der Waals surface area contributed by atoms with Gasteiger partial charge in [-0.2, -0.15) is 0 Å². The van der Waals surface area contributed by atoms with Crippen molar-refractivity contribution in [2.75, 3.05) is 4.90 Å². The largest absolute Gasteiger partial charge is 0.460 e. The Bertz CT molecular complexity index is 445. The molecule has 1 atom stereocenters. The fraction of sp³-hybridized carbons (Fsp3) is 0.273. The zero-order valence-electron chi connectivity index (χ0n) is 8.84. The van der Waals surface area contributed by atoms with E-state index in [4.69, 9.17) is 10.5 Å². The normalized spacial score (nSPS) is 17.8. The molecule has 1 heterocycles. The topological polar surface area (TPSA) is 72.6 Å². The molecule has 2 N–H and O–H groups in total. The van der Waals surface area contributed by atoms with Crippen LogP contribution in [0.5, 0.6) is 5.75 Å². The summed E-state index contributed by atoms with van der Waals surface area (Å²) < 4.78 is 5.41. The predicted octanol–water partition coefficient (Wildman–Crippen LogP) is 1.27. The zero-order valence-corrected chi connectivity index (χ0v) is 8.84. The highest BCUT2D eigenvalue weighted by Crippen LogP contribution is 2.36. The fourth-order valence-electron chi connectivity index (χ4n) is 1.67. The number of nitrogens with zero attached hydrogens (tertiary/aromatic N) is 1. The molecule has 5 heteroatoms. The molecule has 16 heavy (non-hydrogen) atoms. The number of primary amides is 1. The number of carbonyl (C=O) groups excluding carboxylic acids is 2. The van der Waals surface area contributed by atoms with E-state index in [1.807, 2.05) is 0 Å². The van der Waals surface area contributed by atoms with E-state index in [0.29, 0.717) is 17.9 Å². The molecule has 0 fully saturated rings. The van der Waals surface area contributed by atoms with Crippen LogP contribution in [0.1, 0.15) is 13.3 Å². The Morgan fingerprint density at radius 3 is 2.75 bits per heavy atom. The summed E-state index contributed by atoms with van der Waals surface area (Å²) in [7, 11) is 0. The van der Waals surface area contributed by atoms with Gasteiger partial charge in [-0.05, 0) is 12.1 Å². The van der Waals surface area contributed by atoms with Gasteiger partial charge < -0.3 is 10.5 Å². The summed E-state index contributed by atoms with van der Waals surface area (Å²) >= 11 is 0. The lowest BCUT2D eigenvalue weighted by atomic mass is 10.2. The smallest absolute Gasteiger partial charge is 0.322 e. The third-order valence-corrected chi connectivity index (χ3v) is 2.46. The van der Waals surface area contributed by atoms with E-state index >= 15 is 0 Å². The van der Waals surface area contributed by atoms with Crippen molar-refractivity contribution in [3.8, 4) is 5.75 Å². The molecule has 0 aromatic heterocycles. The van der Waals surface area contributed by atoms with Crippen molar-refractivity contribution >= 4 is 17.5 Å². The van der Waals surface area contributed by atoms with Gasteiger partial charge in [-0.25, -0.2) is 9.69 Å². The van der Waals surface area contributed by atoms with E-state index in [2.05, 4.69) is 0 Å². The van der Waals surface area contributed by atoms with Gasteiger partial charge in [0.1, 0.15) is 5.75 Å². The van der Waals surface area contributed by atoms with Gasteiger partial charge in [0.2, 0.25) is 6.23 Å². The summed E-state index contributed by atoms with van der Waals surface area (Å²) in [5.74, 6) is 0.336. The SMILES string of the molecule is CCC(=O)C1Oc2ccccc2N1C(N)=O. The standard InChI is InChI=1S/C11H12N2O3/c1-2-8(14)10-13(11(12)15)7-5-3-4-6-9(7)16-10/h3-6,10H,2H2,1H3,(H2,12,15). The summed E-state index contributed by atoms with van der Waals surface area (Å²) in [6.07, 6.45) is -0.623. The van der Waals surface area contributed by atoms with Crippen LogP contribution in [-0.4, -0.2) is 18.0 Å². The molecule has 0 bridgehead atoms. The maximum Gasteiger partial charge on any atom is 0.322 e. The van der Waals surface area contributed by atoms with Gasteiger partial charge in [0.15, 0.2) is 5.78 Å². The first-order chi connectivity index (χ1) is 7.65. The van der Waals surface area contributed by atoms with Crippen molar-refractivity contribution in [2.45, 2.75) is 19.6 Å². The molecule has 0 saturated heterocycles. The molecule has 2 amide bonds. The van der Waals surface area contributed by atoms with Gasteiger partial charge in [0, 0.05) is 6.42 Å². The van der Waals surface area contributed by atoms with Crippen LogP contribution in [0.3, 0.4) is 0 Å². The molecule has 1 aliphatic rings. The van der Waals surface area contributed by atoms with E-state index < -0.39 is 12.3 Å². The molecule has 1 aliphatic heterocycles. The molecule has 1 unspecified atom stereocenters. The van der Waals surface area contributed by atoms with Crippen molar-refractivity contribution < 1.29 is 14.3 Å². The van der Waals surface area contributed by atoms with Gasteiger partial charge in [0.25, 0.3) is 0 Å². The van der Waals surface area contributed by atoms with Gasteiger partial charge >= 0.3 is 6.03 Å². The Balaban J connectivity index is 2.41. The molecule has 1 aromatic rings. The highest BCUT2D eigenvalue weighted by molar-refractivity contribution is 6.01. The minimum Gasteiger partial charge on any atom is -0.460 e. The van der Waals surface area contributed by atoms with Crippen molar-refractivity contribution in [3.05, 3.63) is 24.3 Å². The Morgan fingerprint density at radius 1 is 1.44 bits per heavy atom. The lowest BCUT2D eigenvalue weighted by molar-refractivity contribution is -0.124. The van der Waals surface area contributed by atoms with Crippen molar-refractivity contribution in [2.24, 2.45) is 5.73 Å². The third kappa shape index (κ3) is 1.50. The van der Waals surface area contributed by atoms with Crippen molar-refractivity contribution in [1.82, 2.24) is 0 Å². The van der Waals surface area contributed by atoms with Gasteiger partial charge in [-0.15, -0.1) is 0 Å². The predicted molar refractivity (Wildman–Crippen MR) is 58.2 cm³/mol. The number of anilines is 1. The van der Waals surface area contributed by atoms with Gasteiger partial charge in [-0.3, -0.25) is 4.79 Å². The second-order valence-electron chi connectivity index (χ2n) is 3.47. The number of benzene rings is 1. The van der Waals surface area contributed by atoms with Crippen molar-refractivity contribution in [3.63, 3.8) is 0 Å². The minimum atomic E-state index is -0.917. The average molecular weight is 220 g/mol. The second-order valence-corrected chi connectivity index (χ2v) is 3.47. The Morgan fingerprint density at radius 2 is 2.12 bits per heavy atom. The van der Waals surface area contributed by atoms with Crippen LogP contribution < -0.4 is 15.4 Å². The van der Waals surface area contributed by atoms with Crippen LogP contribution in [-0.2, 0) is 4.79 Å². The van der Waals surface area contributed by atoms with Crippen molar-refractivity contribution in [1.29, 1.82) is 0 Å². The van der Waals surface area contributed by atoms with Gasteiger partial charge in [-0.1, -0.05) is 19.1 Å². The van der Waals surface area contributed by atoms with E-state index in [1.54, 1.807) is 31.2 Å². The lowest BCUT2D eigenvalue weighted by Crippen LogP contribution is -2.47. The summed E-state index contributed by atoms with van der Waals surface area (Å²) in [4.78, 5) is 24.1. The molecule has 84 valence electrons. The summed E-state index contributed by atoms with van der Waals surface area (Å²) in [5, 5.41) is 0. The average Bonchev–Trinajstić information content (AvgIpc) is 2.67. The molecule has 2 rings (SSSR count). The first-order valence-corrected chi connectivity index (χ1v) is 5.02. The van der Waals surface area contributed by atoms with Crippen LogP contribution in [0.4, 0.5) is 10.5 Å². The van der Waals surface area contributed by atoms with Crippen LogP contribution in [0, 0.1) is 0 Å². The number of urea groups is 1. The van der Waals surface area contributed by atoms with Crippen LogP contribution >= 0.6 is 0 Å². The summed E-state index contributed by atoms with van der Waals surface area (Å²) in [5.41, 5.74) is 5.79. The minimum absolute atomic E-state index is 0.171. The highest BCUT2D eigenvalue weighted by Gasteiger charge is 2.38. The molecular formula is C11H12N2O3. The number of hydrogen-bond acceptors (Lipinski definition) is 3. The Kier molecular flexibility index (Phi) is 2.52. The van der Waals surface area contributed by atoms with Crippen LogP contribution in [0.15, 0.2) is 24.3 Å². The van der Waals surface area contributed by atoms with Crippen LogP contribution in [0.2, 0.25) is 0 Å². The molecule has 0 radical (unpaired) electrons. The number of ketones is 1. The first-order valence-electron chi connectivity index (χ1n) is 5.02. The molecule has 5 nitrogen and oxygen atoms in total. The molecule has 0 saturated carbocycles. The van der Waals surface area contributed by atoms with E-state index in [1.165, 1.54) is 4.90 Å². The Hall–Kier alpha value is -2.04. The second kappa shape index (κ2) is 3.84. The van der Waals surface area contributed by atoms with E-state index in [0.717, 1.165) is 0 Å².